The number of benzene rings is 1. The molecule has 0 heterocycles. The number of hydrogen-bond acceptors (Lipinski definition) is 3. The second-order valence-corrected chi connectivity index (χ2v) is 3.51. The highest BCUT2D eigenvalue weighted by Gasteiger charge is 2.25. The summed E-state index contributed by atoms with van der Waals surface area (Å²) in [7, 11) is 0. The first-order valence-corrected chi connectivity index (χ1v) is 5.02. The molecule has 0 bridgehead atoms. The predicted octanol–water partition coefficient (Wildman–Crippen LogP) is 2.53. The number of ketones is 1. The number of Topliss-reactive ketones (excluding diaryl/α,β-unsaturated/α-hetero) is 1. The van der Waals surface area contributed by atoms with Crippen molar-refractivity contribution in [2.45, 2.75) is 13.8 Å². The molecule has 0 fully saturated rings. The van der Waals surface area contributed by atoms with Gasteiger partial charge in [0.05, 0.1) is 17.2 Å². The van der Waals surface area contributed by atoms with Gasteiger partial charge in [-0.1, -0.05) is 17.7 Å². The van der Waals surface area contributed by atoms with Crippen molar-refractivity contribution in [3.8, 4) is 0 Å². The summed E-state index contributed by atoms with van der Waals surface area (Å²) in [5, 5.41) is -0.0962. The van der Waals surface area contributed by atoms with E-state index in [0.29, 0.717) is 0 Å². The zero-order valence-corrected chi connectivity index (χ0v) is 9.60. The van der Waals surface area contributed by atoms with Crippen molar-refractivity contribution in [2.75, 3.05) is 6.61 Å². The molecule has 0 spiro atoms. The molecule has 0 aliphatic carbocycles. The number of carbonyl (C=O) groups excluding carboxylic acids is 2. The number of hydrogen-bond donors (Lipinski definition) is 0. The Bertz CT molecular complexity index is 443. The standard InChI is InChI=1S/C11H10ClFO3/c1-3-16-11(15)10(14)8-7(12)5-4-6(2)9(8)13/h4-5H,3H2,1-2H3. The Morgan fingerprint density at radius 1 is 1.44 bits per heavy atom. The zero-order chi connectivity index (χ0) is 12.3. The first kappa shape index (κ1) is 12.6. The van der Waals surface area contributed by atoms with E-state index in [2.05, 4.69) is 4.74 Å². The van der Waals surface area contributed by atoms with Gasteiger partial charge >= 0.3 is 5.97 Å². The highest BCUT2D eigenvalue weighted by molar-refractivity contribution is 6.45. The molecule has 1 rings (SSSR count). The summed E-state index contributed by atoms with van der Waals surface area (Å²) < 4.78 is 18.1. The van der Waals surface area contributed by atoms with E-state index in [0.717, 1.165) is 0 Å². The lowest BCUT2D eigenvalue weighted by Crippen LogP contribution is -2.19. The average Bonchev–Trinajstić information content (AvgIpc) is 2.24. The Kier molecular flexibility index (Phi) is 4.01. The van der Waals surface area contributed by atoms with Crippen LogP contribution in [0.5, 0.6) is 0 Å². The molecule has 0 radical (unpaired) electrons. The quantitative estimate of drug-likeness (QED) is 0.466. The van der Waals surface area contributed by atoms with Gasteiger partial charge in [-0.3, -0.25) is 4.79 Å². The largest absolute Gasteiger partial charge is 0.460 e. The van der Waals surface area contributed by atoms with Crippen molar-refractivity contribution in [3.05, 3.63) is 34.1 Å². The van der Waals surface area contributed by atoms with Crippen LogP contribution >= 0.6 is 11.6 Å². The number of rotatable bonds is 3. The Morgan fingerprint density at radius 3 is 2.62 bits per heavy atom. The van der Waals surface area contributed by atoms with Crippen LogP contribution in [0.2, 0.25) is 5.02 Å². The van der Waals surface area contributed by atoms with Gasteiger partial charge in [0.2, 0.25) is 0 Å². The van der Waals surface area contributed by atoms with Crippen molar-refractivity contribution < 1.29 is 18.7 Å². The molecule has 5 heteroatoms. The fourth-order valence-corrected chi connectivity index (χ4v) is 1.40. The molecule has 0 aliphatic rings. The molecule has 86 valence electrons. The lowest BCUT2D eigenvalue weighted by atomic mass is 10.1. The lowest BCUT2D eigenvalue weighted by molar-refractivity contribution is -0.137. The maximum atomic E-state index is 13.6. The maximum Gasteiger partial charge on any atom is 0.379 e. The van der Waals surface area contributed by atoms with Gasteiger partial charge in [-0.05, 0) is 25.5 Å². The van der Waals surface area contributed by atoms with Crippen LogP contribution < -0.4 is 0 Å². The molecule has 0 atom stereocenters. The topological polar surface area (TPSA) is 43.4 Å². The molecule has 1 aromatic carbocycles. The van der Waals surface area contributed by atoms with Gasteiger partial charge in [0, 0.05) is 0 Å². The van der Waals surface area contributed by atoms with Gasteiger partial charge in [0.1, 0.15) is 5.82 Å². The van der Waals surface area contributed by atoms with Crippen molar-refractivity contribution in [3.63, 3.8) is 0 Å². The van der Waals surface area contributed by atoms with Crippen molar-refractivity contribution in [1.29, 1.82) is 0 Å². The van der Waals surface area contributed by atoms with Crippen LogP contribution in [0.25, 0.3) is 0 Å². The number of esters is 1. The number of halogens is 2. The molecule has 0 saturated carbocycles. The van der Waals surface area contributed by atoms with Crippen LogP contribution in [-0.2, 0) is 9.53 Å². The van der Waals surface area contributed by atoms with E-state index in [1.54, 1.807) is 6.92 Å². The molecule has 0 unspecified atom stereocenters. The van der Waals surface area contributed by atoms with E-state index in [-0.39, 0.29) is 17.2 Å². The van der Waals surface area contributed by atoms with Crippen molar-refractivity contribution >= 4 is 23.4 Å². The van der Waals surface area contributed by atoms with Crippen LogP contribution in [0.4, 0.5) is 4.39 Å². The maximum absolute atomic E-state index is 13.6. The summed E-state index contributed by atoms with van der Waals surface area (Å²) in [5.74, 6) is -2.95. The van der Waals surface area contributed by atoms with Crippen LogP contribution in [0, 0.1) is 12.7 Å². The third-order valence-corrected chi connectivity index (χ3v) is 2.29. The van der Waals surface area contributed by atoms with Crippen molar-refractivity contribution in [2.24, 2.45) is 0 Å². The molecular weight excluding hydrogens is 235 g/mol. The Morgan fingerprint density at radius 2 is 2.06 bits per heavy atom. The fraction of sp³-hybridized carbons (Fsp3) is 0.273. The SMILES string of the molecule is CCOC(=O)C(=O)c1c(Cl)ccc(C)c1F. The molecule has 0 N–H and O–H groups in total. The molecular formula is C11H10ClFO3. The predicted molar refractivity (Wildman–Crippen MR) is 57.1 cm³/mol. The fourth-order valence-electron chi connectivity index (χ4n) is 1.16. The molecule has 0 amide bonds. The highest BCUT2D eigenvalue weighted by Crippen LogP contribution is 2.22. The molecule has 1 aromatic rings. The summed E-state index contributed by atoms with van der Waals surface area (Å²) in [6, 6.07) is 2.80. The Balaban J connectivity index is 3.18. The second kappa shape index (κ2) is 5.07. The normalized spacial score (nSPS) is 10.0. The van der Waals surface area contributed by atoms with Gasteiger partial charge in [0.15, 0.2) is 0 Å². The van der Waals surface area contributed by atoms with Gasteiger partial charge in [0.25, 0.3) is 5.78 Å². The minimum absolute atomic E-state index is 0.0512. The van der Waals surface area contributed by atoms with Gasteiger partial charge in [-0.15, -0.1) is 0 Å². The van der Waals surface area contributed by atoms with Crippen LogP contribution in [0.3, 0.4) is 0 Å². The average molecular weight is 245 g/mol. The van der Waals surface area contributed by atoms with E-state index in [9.17, 15) is 14.0 Å². The molecule has 0 aromatic heterocycles. The summed E-state index contributed by atoms with van der Waals surface area (Å²) >= 11 is 5.67. The third kappa shape index (κ3) is 2.39. The Labute approximate surface area is 97.2 Å². The highest BCUT2D eigenvalue weighted by atomic mass is 35.5. The second-order valence-electron chi connectivity index (χ2n) is 3.10. The van der Waals surface area contributed by atoms with Crippen LogP contribution in [0.15, 0.2) is 12.1 Å². The summed E-state index contributed by atoms with van der Waals surface area (Å²) in [5.41, 5.74) is -0.183. The van der Waals surface area contributed by atoms with E-state index in [1.165, 1.54) is 19.1 Å². The Hall–Kier alpha value is -1.42. The van der Waals surface area contributed by atoms with Gasteiger partial charge < -0.3 is 4.74 Å². The lowest BCUT2D eigenvalue weighted by Gasteiger charge is -2.06. The van der Waals surface area contributed by atoms with Crippen molar-refractivity contribution in [1.82, 2.24) is 0 Å². The van der Waals surface area contributed by atoms with Crippen LogP contribution in [0.1, 0.15) is 22.8 Å². The smallest absolute Gasteiger partial charge is 0.379 e. The molecule has 16 heavy (non-hydrogen) atoms. The monoisotopic (exact) mass is 244 g/mol. The van der Waals surface area contributed by atoms with E-state index in [1.807, 2.05) is 0 Å². The summed E-state index contributed by atoms with van der Waals surface area (Å²) in [6.07, 6.45) is 0. The minimum atomic E-state index is -1.10. The third-order valence-electron chi connectivity index (χ3n) is 1.97. The summed E-state index contributed by atoms with van der Waals surface area (Å²) in [6.45, 7) is 3.09. The molecule has 0 saturated heterocycles. The molecule has 3 nitrogen and oxygen atoms in total. The summed E-state index contributed by atoms with van der Waals surface area (Å²) in [4.78, 5) is 22.7. The molecule has 0 aliphatic heterocycles. The van der Waals surface area contributed by atoms with Crippen LogP contribution in [-0.4, -0.2) is 18.4 Å². The van der Waals surface area contributed by atoms with E-state index >= 15 is 0 Å². The number of carbonyl (C=O) groups is 2. The first-order chi connectivity index (χ1) is 7.49. The first-order valence-electron chi connectivity index (χ1n) is 4.65. The van der Waals surface area contributed by atoms with E-state index in [4.69, 9.17) is 11.6 Å². The van der Waals surface area contributed by atoms with Gasteiger partial charge in [-0.2, -0.15) is 0 Å². The minimum Gasteiger partial charge on any atom is -0.460 e. The van der Waals surface area contributed by atoms with E-state index < -0.39 is 23.1 Å². The number of ether oxygens (including phenoxy) is 1. The number of aryl methyl sites for hydroxylation is 1. The van der Waals surface area contributed by atoms with Gasteiger partial charge in [-0.25, -0.2) is 9.18 Å². The zero-order valence-electron chi connectivity index (χ0n) is 8.84.